The molecule has 1 aliphatic heterocycles. The first kappa shape index (κ1) is 14.6. The zero-order valence-electron chi connectivity index (χ0n) is 11.9. The highest BCUT2D eigenvalue weighted by molar-refractivity contribution is 8.12. The number of pyridine rings is 1. The zero-order valence-corrected chi connectivity index (χ0v) is 12.7. The molecular weight excluding hydrogens is 298 g/mol. The van der Waals surface area contributed by atoms with Crippen LogP contribution in [0, 0.1) is 0 Å². The number of hydrogen-bond donors (Lipinski definition) is 0. The summed E-state index contributed by atoms with van der Waals surface area (Å²) >= 11 is 0.892. The van der Waals surface area contributed by atoms with Gasteiger partial charge in [-0.15, -0.1) is 0 Å². The van der Waals surface area contributed by atoms with Crippen LogP contribution in [0.1, 0.15) is 22.5 Å². The number of aryl methyl sites for hydroxylation is 1. The number of fused-ring (bicyclic) bond motifs is 1. The second kappa shape index (κ2) is 6.62. The normalized spacial score (nSPS) is 13.4. The molecule has 112 valence electrons. The lowest BCUT2D eigenvalue weighted by Gasteiger charge is -2.35. The van der Waals surface area contributed by atoms with Crippen LogP contribution in [0.3, 0.4) is 0 Å². The van der Waals surface area contributed by atoms with Crippen molar-refractivity contribution in [1.29, 1.82) is 0 Å². The third kappa shape index (κ3) is 2.96. The Hall–Kier alpha value is -2.34. The molecule has 0 aliphatic carbocycles. The highest BCUT2D eigenvalue weighted by Gasteiger charge is 2.25. The molecule has 0 bridgehead atoms. The molecule has 0 saturated carbocycles. The summed E-state index contributed by atoms with van der Waals surface area (Å²) in [7, 11) is 0. The number of rotatable bonds is 4. The largest absolute Gasteiger partial charge is 0.280 e. The average molecular weight is 313 g/mol. The van der Waals surface area contributed by atoms with Crippen LogP contribution in [0.4, 0.5) is 5.69 Å². The molecule has 1 aliphatic rings. The fourth-order valence-electron chi connectivity index (χ4n) is 2.42. The van der Waals surface area contributed by atoms with Crippen molar-refractivity contribution in [3.8, 4) is 0 Å². The molecular formula is C16H15N3O2S. The Morgan fingerprint density at radius 3 is 2.82 bits per heavy atom. The summed E-state index contributed by atoms with van der Waals surface area (Å²) in [6, 6.07) is 12.7. The Kier molecular flexibility index (Phi) is 4.39. The first-order valence-electron chi connectivity index (χ1n) is 7.03. The zero-order chi connectivity index (χ0) is 15.4. The van der Waals surface area contributed by atoms with Gasteiger partial charge in [-0.25, -0.2) is 0 Å². The molecule has 0 atom stereocenters. The molecule has 2 aromatic rings. The molecule has 0 N–H and O–H groups in total. The SMILES string of the molecule is O=CN(SC(=O)c1ccccc1)N1CCCc2ncccc21. The molecule has 6 heteroatoms. The molecule has 2 heterocycles. The van der Waals surface area contributed by atoms with E-state index in [0.717, 1.165) is 36.2 Å². The minimum absolute atomic E-state index is 0.163. The fraction of sp³-hybridized carbons (Fsp3) is 0.188. The topological polar surface area (TPSA) is 53.5 Å². The van der Waals surface area contributed by atoms with Gasteiger partial charge in [0, 0.05) is 18.3 Å². The van der Waals surface area contributed by atoms with Gasteiger partial charge in [-0.1, -0.05) is 30.3 Å². The lowest BCUT2D eigenvalue weighted by atomic mass is 10.1. The maximum atomic E-state index is 12.3. The van der Waals surface area contributed by atoms with Crippen LogP contribution in [-0.4, -0.2) is 27.5 Å². The van der Waals surface area contributed by atoms with Gasteiger partial charge in [-0.2, -0.15) is 4.41 Å². The predicted octanol–water partition coefficient (Wildman–Crippen LogP) is 2.70. The molecule has 3 rings (SSSR count). The van der Waals surface area contributed by atoms with Crippen LogP contribution < -0.4 is 5.01 Å². The number of hydrogen-bond acceptors (Lipinski definition) is 5. The van der Waals surface area contributed by atoms with Gasteiger partial charge in [0.05, 0.1) is 23.3 Å². The smallest absolute Gasteiger partial charge is 0.241 e. The van der Waals surface area contributed by atoms with Crippen molar-refractivity contribution in [2.45, 2.75) is 12.8 Å². The van der Waals surface area contributed by atoms with Crippen LogP contribution in [0.25, 0.3) is 0 Å². The molecule has 22 heavy (non-hydrogen) atoms. The standard InChI is InChI=1S/C16H15N3O2S/c20-12-19(22-16(21)13-6-2-1-3-7-13)18-11-5-8-14-15(18)9-4-10-17-14/h1-4,6-7,9-10,12H,5,8,11H2. The number of anilines is 1. The third-order valence-electron chi connectivity index (χ3n) is 3.44. The predicted molar refractivity (Wildman–Crippen MR) is 86.2 cm³/mol. The lowest BCUT2D eigenvalue weighted by molar-refractivity contribution is -0.114. The summed E-state index contributed by atoms with van der Waals surface area (Å²) in [5.41, 5.74) is 2.41. The quantitative estimate of drug-likeness (QED) is 0.641. The second-order valence-electron chi connectivity index (χ2n) is 4.85. The minimum atomic E-state index is -0.163. The van der Waals surface area contributed by atoms with Crippen LogP contribution in [0.2, 0.25) is 0 Å². The Balaban J connectivity index is 1.81. The van der Waals surface area contributed by atoms with Gasteiger partial charge in [-0.3, -0.25) is 19.6 Å². The van der Waals surface area contributed by atoms with E-state index in [1.54, 1.807) is 30.5 Å². The maximum absolute atomic E-state index is 12.3. The molecule has 1 amide bonds. The Bertz CT molecular complexity index is 678. The molecule has 0 spiro atoms. The van der Waals surface area contributed by atoms with E-state index < -0.39 is 0 Å². The monoisotopic (exact) mass is 313 g/mol. The van der Waals surface area contributed by atoms with Crippen molar-refractivity contribution in [3.05, 3.63) is 59.9 Å². The van der Waals surface area contributed by atoms with Crippen molar-refractivity contribution in [1.82, 2.24) is 9.40 Å². The summed E-state index contributed by atoms with van der Waals surface area (Å²) < 4.78 is 1.36. The van der Waals surface area contributed by atoms with E-state index in [4.69, 9.17) is 0 Å². The van der Waals surface area contributed by atoms with Crippen molar-refractivity contribution in [3.63, 3.8) is 0 Å². The summed E-state index contributed by atoms with van der Waals surface area (Å²) in [5.74, 6) is 0. The summed E-state index contributed by atoms with van der Waals surface area (Å²) in [6.07, 6.45) is 4.20. The van der Waals surface area contributed by atoms with E-state index in [9.17, 15) is 9.59 Å². The molecule has 0 unspecified atom stereocenters. The molecule has 0 saturated heterocycles. The third-order valence-corrected chi connectivity index (χ3v) is 4.31. The lowest BCUT2D eigenvalue weighted by Crippen LogP contribution is -2.41. The van der Waals surface area contributed by atoms with Crippen LogP contribution in [0.15, 0.2) is 48.7 Å². The number of carbonyl (C=O) groups excluding carboxylic acids is 2. The van der Waals surface area contributed by atoms with Crippen molar-refractivity contribution < 1.29 is 9.59 Å². The van der Waals surface area contributed by atoms with E-state index >= 15 is 0 Å². The fourth-order valence-corrected chi connectivity index (χ4v) is 3.14. The van der Waals surface area contributed by atoms with Crippen LogP contribution in [0.5, 0.6) is 0 Å². The van der Waals surface area contributed by atoms with Gasteiger partial charge in [0.15, 0.2) is 0 Å². The van der Waals surface area contributed by atoms with Gasteiger partial charge in [0.2, 0.25) is 11.5 Å². The molecule has 0 fully saturated rings. The van der Waals surface area contributed by atoms with E-state index in [-0.39, 0.29) is 5.12 Å². The minimum Gasteiger partial charge on any atom is -0.280 e. The van der Waals surface area contributed by atoms with Crippen molar-refractivity contribution >= 4 is 29.2 Å². The first-order chi connectivity index (χ1) is 10.8. The maximum Gasteiger partial charge on any atom is 0.241 e. The highest BCUT2D eigenvalue weighted by atomic mass is 32.2. The number of hydrazine groups is 1. The Labute approximate surface area is 133 Å². The van der Waals surface area contributed by atoms with E-state index in [1.165, 1.54) is 4.41 Å². The average Bonchev–Trinajstić information content (AvgIpc) is 2.60. The number of benzene rings is 1. The molecule has 5 nitrogen and oxygen atoms in total. The van der Waals surface area contributed by atoms with Gasteiger partial charge in [0.25, 0.3) is 0 Å². The Morgan fingerprint density at radius 1 is 1.23 bits per heavy atom. The van der Waals surface area contributed by atoms with E-state index in [0.29, 0.717) is 18.5 Å². The van der Waals surface area contributed by atoms with Crippen LogP contribution in [-0.2, 0) is 11.2 Å². The van der Waals surface area contributed by atoms with E-state index in [1.807, 2.05) is 23.2 Å². The summed E-state index contributed by atoms with van der Waals surface area (Å²) in [6.45, 7) is 0.687. The van der Waals surface area contributed by atoms with Crippen molar-refractivity contribution in [2.24, 2.45) is 0 Å². The summed E-state index contributed by atoms with van der Waals surface area (Å²) in [4.78, 5) is 28.1. The van der Waals surface area contributed by atoms with Gasteiger partial charge in [0.1, 0.15) is 0 Å². The first-order valence-corrected chi connectivity index (χ1v) is 7.80. The number of nitrogens with zero attached hydrogens (tertiary/aromatic N) is 3. The van der Waals surface area contributed by atoms with Gasteiger partial charge < -0.3 is 0 Å². The number of aromatic nitrogens is 1. The molecule has 1 aromatic carbocycles. The number of amides is 1. The highest BCUT2D eigenvalue weighted by Crippen LogP contribution is 2.29. The van der Waals surface area contributed by atoms with Gasteiger partial charge >= 0.3 is 0 Å². The van der Waals surface area contributed by atoms with Gasteiger partial charge in [-0.05, 0) is 25.0 Å². The molecule has 0 radical (unpaired) electrons. The van der Waals surface area contributed by atoms with Crippen molar-refractivity contribution in [2.75, 3.05) is 11.6 Å². The van der Waals surface area contributed by atoms with E-state index in [2.05, 4.69) is 4.98 Å². The Morgan fingerprint density at radius 2 is 2.05 bits per heavy atom. The summed E-state index contributed by atoms with van der Waals surface area (Å²) in [5, 5.41) is 1.65. The molecule has 1 aromatic heterocycles. The second-order valence-corrected chi connectivity index (χ2v) is 5.78. The van der Waals surface area contributed by atoms with Crippen LogP contribution >= 0.6 is 11.9 Å². The number of carbonyl (C=O) groups is 2.